The predicted molar refractivity (Wildman–Crippen MR) is 110 cm³/mol. The summed E-state index contributed by atoms with van der Waals surface area (Å²) in [7, 11) is 1.61. The Morgan fingerprint density at radius 2 is 1.28 bits per heavy atom. The van der Waals surface area contributed by atoms with Gasteiger partial charge < -0.3 is 19.5 Å². The van der Waals surface area contributed by atoms with Crippen molar-refractivity contribution in [3.63, 3.8) is 0 Å². The number of carbonyl (C=O) groups excluding carboxylic acids is 2. The molecule has 0 heterocycles. The first-order chi connectivity index (χ1) is 14.1. The van der Waals surface area contributed by atoms with Crippen LogP contribution in [-0.2, 0) is 4.74 Å². The van der Waals surface area contributed by atoms with Gasteiger partial charge in [-0.3, -0.25) is 4.79 Å². The third-order valence-electron chi connectivity index (χ3n) is 4.07. The second kappa shape index (κ2) is 9.41. The summed E-state index contributed by atoms with van der Waals surface area (Å²) in [6, 6.07) is 20.6. The van der Waals surface area contributed by atoms with Crippen molar-refractivity contribution in [3.05, 3.63) is 83.9 Å². The molecule has 0 saturated heterocycles. The molecule has 0 radical (unpaired) electrons. The van der Waals surface area contributed by atoms with E-state index in [1.807, 2.05) is 12.1 Å². The number of amides is 1. The summed E-state index contributed by atoms with van der Waals surface area (Å²) < 4.78 is 15.8. The second-order valence-electron chi connectivity index (χ2n) is 6.05. The third-order valence-corrected chi connectivity index (χ3v) is 4.07. The minimum absolute atomic E-state index is 0.259. The molecule has 0 saturated carbocycles. The minimum Gasteiger partial charge on any atom is -0.497 e. The van der Waals surface area contributed by atoms with Crippen LogP contribution >= 0.6 is 0 Å². The first-order valence-electron chi connectivity index (χ1n) is 9.09. The number of hydrogen-bond acceptors (Lipinski definition) is 5. The molecule has 0 aliphatic carbocycles. The zero-order chi connectivity index (χ0) is 20.6. The van der Waals surface area contributed by atoms with Crippen molar-refractivity contribution >= 4 is 17.6 Å². The molecular weight excluding hydrogens is 370 g/mol. The van der Waals surface area contributed by atoms with Crippen LogP contribution in [-0.4, -0.2) is 25.6 Å². The van der Waals surface area contributed by atoms with Crippen LogP contribution in [0.15, 0.2) is 72.8 Å². The molecular formula is C23H21NO5. The topological polar surface area (TPSA) is 73.9 Å². The maximum atomic E-state index is 12.4. The number of hydrogen-bond donors (Lipinski definition) is 1. The van der Waals surface area contributed by atoms with Gasteiger partial charge in [0.15, 0.2) is 0 Å². The maximum Gasteiger partial charge on any atom is 0.338 e. The van der Waals surface area contributed by atoms with E-state index in [0.717, 1.165) is 5.75 Å². The first-order valence-corrected chi connectivity index (χ1v) is 9.09. The molecule has 3 aromatic carbocycles. The lowest BCUT2D eigenvalue weighted by Crippen LogP contribution is -2.12. The van der Waals surface area contributed by atoms with E-state index >= 15 is 0 Å². The lowest BCUT2D eigenvalue weighted by Gasteiger charge is -2.09. The SMILES string of the molecule is CCOC(=O)c1ccc(NC(=O)c2ccc(Oc3ccc(OC)cc3)cc2)cc1. The van der Waals surface area contributed by atoms with Crippen LogP contribution in [0, 0.1) is 0 Å². The van der Waals surface area contributed by atoms with E-state index in [4.69, 9.17) is 14.2 Å². The number of rotatable bonds is 7. The van der Waals surface area contributed by atoms with Crippen LogP contribution in [0.4, 0.5) is 5.69 Å². The lowest BCUT2D eigenvalue weighted by molar-refractivity contribution is 0.0526. The molecule has 0 unspecified atom stereocenters. The smallest absolute Gasteiger partial charge is 0.338 e. The summed E-state index contributed by atoms with van der Waals surface area (Å²) in [6.07, 6.45) is 0. The monoisotopic (exact) mass is 391 g/mol. The molecule has 0 atom stereocenters. The third kappa shape index (κ3) is 5.35. The Hall–Kier alpha value is -3.80. The van der Waals surface area contributed by atoms with E-state index in [9.17, 15) is 9.59 Å². The fourth-order valence-electron chi connectivity index (χ4n) is 2.56. The molecule has 0 aromatic heterocycles. The Bertz CT molecular complexity index is 964. The molecule has 0 spiro atoms. The van der Waals surface area contributed by atoms with Crippen LogP contribution in [0.3, 0.4) is 0 Å². The number of anilines is 1. The van der Waals surface area contributed by atoms with Gasteiger partial charge >= 0.3 is 5.97 Å². The highest BCUT2D eigenvalue weighted by molar-refractivity contribution is 6.04. The fraction of sp³-hybridized carbons (Fsp3) is 0.130. The Morgan fingerprint density at radius 3 is 1.83 bits per heavy atom. The molecule has 148 valence electrons. The van der Waals surface area contributed by atoms with Crippen molar-refractivity contribution < 1.29 is 23.8 Å². The quantitative estimate of drug-likeness (QED) is 0.579. The van der Waals surface area contributed by atoms with E-state index < -0.39 is 5.97 Å². The van der Waals surface area contributed by atoms with Crippen molar-refractivity contribution in [2.45, 2.75) is 6.92 Å². The second-order valence-corrected chi connectivity index (χ2v) is 6.05. The summed E-state index contributed by atoms with van der Waals surface area (Å²) in [6.45, 7) is 2.06. The van der Waals surface area contributed by atoms with Gasteiger partial charge in [0.1, 0.15) is 17.2 Å². The number of esters is 1. The molecule has 0 fully saturated rings. The van der Waals surface area contributed by atoms with Crippen LogP contribution in [0.5, 0.6) is 17.2 Å². The molecule has 3 aromatic rings. The van der Waals surface area contributed by atoms with Crippen molar-refractivity contribution in [2.75, 3.05) is 19.0 Å². The summed E-state index contributed by atoms with van der Waals surface area (Å²) in [5.74, 6) is 1.39. The molecule has 1 amide bonds. The average molecular weight is 391 g/mol. The van der Waals surface area contributed by atoms with Gasteiger partial charge in [0.05, 0.1) is 19.3 Å². The Morgan fingerprint density at radius 1 is 0.759 bits per heavy atom. The molecule has 6 nitrogen and oxygen atoms in total. The lowest BCUT2D eigenvalue weighted by atomic mass is 10.1. The molecule has 0 bridgehead atoms. The fourth-order valence-corrected chi connectivity index (χ4v) is 2.56. The zero-order valence-electron chi connectivity index (χ0n) is 16.2. The first kappa shape index (κ1) is 19.9. The van der Waals surface area contributed by atoms with Crippen molar-refractivity contribution in [2.24, 2.45) is 0 Å². The number of nitrogens with one attached hydrogen (secondary N) is 1. The Labute approximate surface area is 169 Å². The van der Waals surface area contributed by atoms with Gasteiger partial charge in [-0.05, 0) is 79.7 Å². The van der Waals surface area contributed by atoms with Gasteiger partial charge in [-0.2, -0.15) is 0 Å². The minimum atomic E-state index is -0.391. The van der Waals surface area contributed by atoms with Crippen molar-refractivity contribution in [1.82, 2.24) is 0 Å². The predicted octanol–water partition coefficient (Wildman–Crippen LogP) is 4.92. The van der Waals surface area contributed by atoms with Gasteiger partial charge in [0.2, 0.25) is 0 Å². The van der Waals surface area contributed by atoms with Crippen LogP contribution in [0.25, 0.3) is 0 Å². The van der Waals surface area contributed by atoms with Crippen LogP contribution in [0.1, 0.15) is 27.6 Å². The van der Waals surface area contributed by atoms with Crippen LogP contribution in [0.2, 0.25) is 0 Å². The summed E-state index contributed by atoms with van der Waals surface area (Å²) in [5.41, 5.74) is 1.51. The number of carbonyl (C=O) groups is 2. The van der Waals surface area contributed by atoms with Gasteiger partial charge in [0, 0.05) is 11.3 Å². The van der Waals surface area contributed by atoms with E-state index in [-0.39, 0.29) is 5.91 Å². The maximum absolute atomic E-state index is 12.4. The summed E-state index contributed by atoms with van der Waals surface area (Å²) >= 11 is 0. The van der Waals surface area contributed by atoms with Crippen molar-refractivity contribution in [1.29, 1.82) is 0 Å². The zero-order valence-corrected chi connectivity index (χ0v) is 16.2. The standard InChI is InChI=1S/C23H21NO5/c1-3-28-23(26)17-4-8-18(9-5-17)24-22(25)16-6-10-20(11-7-16)29-21-14-12-19(27-2)13-15-21/h4-15H,3H2,1-2H3,(H,24,25). The molecule has 3 rings (SSSR count). The normalized spacial score (nSPS) is 10.1. The van der Waals surface area contributed by atoms with Crippen LogP contribution < -0.4 is 14.8 Å². The number of benzene rings is 3. The number of methoxy groups -OCH3 is 1. The largest absolute Gasteiger partial charge is 0.497 e. The summed E-state index contributed by atoms with van der Waals surface area (Å²) in [5, 5.41) is 2.79. The molecule has 29 heavy (non-hydrogen) atoms. The molecule has 6 heteroatoms. The number of ether oxygens (including phenoxy) is 3. The molecule has 1 N–H and O–H groups in total. The van der Waals surface area contributed by atoms with Gasteiger partial charge in [-0.15, -0.1) is 0 Å². The highest BCUT2D eigenvalue weighted by Gasteiger charge is 2.09. The van der Waals surface area contributed by atoms with Gasteiger partial charge in [-0.1, -0.05) is 0 Å². The Balaban J connectivity index is 1.60. The highest BCUT2D eigenvalue weighted by Crippen LogP contribution is 2.24. The molecule has 0 aliphatic heterocycles. The summed E-state index contributed by atoms with van der Waals surface area (Å²) in [4.78, 5) is 24.1. The Kier molecular flexibility index (Phi) is 6.47. The van der Waals surface area contributed by atoms with Gasteiger partial charge in [-0.25, -0.2) is 4.79 Å². The van der Waals surface area contributed by atoms with E-state index in [2.05, 4.69) is 5.32 Å². The van der Waals surface area contributed by atoms with Crippen molar-refractivity contribution in [3.8, 4) is 17.2 Å². The van der Waals surface area contributed by atoms with E-state index in [0.29, 0.717) is 34.9 Å². The van der Waals surface area contributed by atoms with Gasteiger partial charge in [0.25, 0.3) is 5.91 Å². The van der Waals surface area contributed by atoms with E-state index in [1.165, 1.54) is 0 Å². The highest BCUT2D eigenvalue weighted by atomic mass is 16.5. The average Bonchev–Trinajstić information content (AvgIpc) is 2.75. The van der Waals surface area contributed by atoms with E-state index in [1.54, 1.807) is 74.7 Å². The molecule has 0 aliphatic rings.